The quantitative estimate of drug-likeness (QED) is 0.849. The highest BCUT2D eigenvalue weighted by atomic mass is 16.1. The molecule has 1 atom stereocenters. The van der Waals surface area contributed by atoms with Gasteiger partial charge in [0, 0.05) is 36.6 Å². The highest BCUT2D eigenvalue weighted by molar-refractivity contribution is 5.94. The molecule has 2 heterocycles. The van der Waals surface area contributed by atoms with E-state index >= 15 is 0 Å². The summed E-state index contributed by atoms with van der Waals surface area (Å²) < 4.78 is 0. The molecule has 1 aromatic heterocycles. The van der Waals surface area contributed by atoms with Crippen LogP contribution in [0.4, 0.5) is 0 Å². The maximum Gasteiger partial charge on any atom is 0.251 e. The largest absolute Gasteiger partial charge is 0.349 e. The van der Waals surface area contributed by atoms with E-state index < -0.39 is 0 Å². The Balaban J connectivity index is 1.57. The van der Waals surface area contributed by atoms with Crippen molar-refractivity contribution in [3.63, 3.8) is 0 Å². The molecule has 0 spiro atoms. The molecule has 2 N–H and O–H groups in total. The second kappa shape index (κ2) is 8.72. The number of amides is 1. The fraction of sp³-hybridized carbons (Fsp3) is 0.450. The molecule has 0 saturated carbocycles. The van der Waals surface area contributed by atoms with Crippen molar-refractivity contribution in [1.82, 2.24) is 20.6 Å². The molecular weight excluding hydrogens is 312 g/mol. The third-order valence-corrected chi connectivity index (χ3v) is 4.68. The average Bonchev–Trinajstić information content (AvgIpc) is 2.63. The number of carbonyl (C=O) groups is 1. The number of rotatable bonds is 6. The summed E-state index contributed by atoms with van der Waals surface area (Å²) in [6.45, 7) is 4.20. The van der Waals surface area contributed by atoms with E-state index in [1.54, 1.807) is 18.6 Å². The molecule has 5 nitrogen and oxygen atoms in total. The van der Waals surface area contributed by atoms with Gasteiger partial charge in [-0.15, -0.1) is 0 Å². The molecule has 132 valence electrons. The molecule has 1 saturated heterocycles. The molecule has 5 heteroatoms. The van der Waals surface area contributed by atoms with Gasteiger partial charge in [-0.05, 0) is 62.9 Å². The highest BCUT2D eigenvalue weighted by Crippen LogP contribution is 2.18. The molecule has 1 aliphatic rings. The van der Waals surface area contributed by atoms with E-state index in [1.807, 2.05) is 25.1 Å². The van der Waals surface area contributed by atoms with Gasteiger partial charge in [0.1, 0.15) is 0 Å². The molecule has 0 aliphatic carbocycles. The van der Waals surface area contributed by atoms with Crippen molar-refractivity contribution in [2.24, 2.45) is 5.92 Å². The Morgan fingerprint density at radius 3 is 2.92 bits per heavy atom. The van der Waals surface area contributed by atoms with Crippen LogP contribution in [0, 0.1) is 5.92 Å². The first kappa shape index (κ1) is 17.5. The summed E-state index contributed by atoms with van der Waals surface area (Å²) in [6, 6.07) is 8.04. The van der Waals surface area contributed by atoms with Gasteiger partial charge in [-0.3, -0.25) is 14.8 Å². The number of piperidine rings is 1. The van der Waals surface area contributed by atoms with Gasteiger partial charge in [0.25, 0.3) is 5.91 Å². The number of nitrogens with zero attached hydrogens (tertiary/aromatic N) is 2. The van der Waals surface area contributed by atoms with Crippen molar-refractivity contribution in [2.45, 2.75) is 38.6 Å². The van der Waals surface area contributed by atoms with Crippen LogP contribution in [0.25, 0.3) is 0 Å². The number of hydrogen-bond acceptors (Lipinski definition) is 4. The van der Waals surface area contributed by atoms with Crippen LogP contribution in [0.5, 0.6) is 0 Å². The first-order valence-corrected chi connectivity index (χ1v) is 9.06. The molecule has 0 radical (unpaired) electrons. The summed E-state index contributed by atoms with van der Waals surface area (Å²) in [5, 5.41) is 6.46. The zero-order chi connectivity index (χ0) is 17.5. The van der Waals surface area contributed by atoms with Crippen molar-refractivity contribution in [2.75, 3.05) is 13.1 Å². The van der Waals surface area contributed by atoms with Crippen LogP contribution in [0.2, 0.25) is 0 Å². The third-order valence-electron chi connectivity index (χ3n) is 4.68. The lowest BCUT2D eigenvalue weighted by Crippen LogP contribution is -2.34. The first-order valence-electron chi connectivity index (χ1n) is 9.06. The number of carbonyl (C=O) groups excluding carboxylic acids is 1. The number of hydrogen-bond donors (Lipinski definition) is 2. The lowest BCUT2D eigenvalue weighted by atomic mass is 9.90. The highest BCUT2D eigenvalue weighted by Gasteiger charge is 2.15. The summed E-state index contributed by atoms with van der Waals surface area (Å²) >= 11 is 0. The van der Waals surface area contributed by atoms with Crippen molar-refractivity contribution < 1.29 is 4.79 Å². The normalized spacial score (nSPS) is 16.4. The van der Waals surface area contributed by atoms with Crippen molar-refractivity contribution >= 4 is 5.91 Å². The molecule has 1 aliphatic heterocycles. The fourth-order valence-electron chi connectivity index (χ4n) is 3.37. The third kappa shape index (κ3) is 5.36. The van der Waals surface area contributed by atoms with Gasteiger partial charge < -0.3 is 10.6 Å². The van der Waals surface area contributed by atoms with Crippen LogP contribution in [-0.4, -0.2) is 35.0 Å². The Bertz CT molecular complexity index is 683. The molecule has 25 heavy (non-hydrogen) atoms. The minimum absolute atomic E-state index is 0.0114. The van der Waals surface area contributed by atoms with E-state index in [0.29, 0.717) is 6.42 Å². The predicted molar refractivity (Wildman–Crippen MR) is 98.4 cm³/mol. The van der Waals surface area contributed by atoms with Gasteiger partial charge >= 0.3 is 0 Å². The SMILES string of the molecule is C[C@@H](Cc1cnccn1)NC(=O)c1cccc(CC2CCNCC2)c1. The van der Waals surface area contributed by atoms with E-state index in [0.717, 1.165) is 36.7 Å². The summed E-state index contributed by atoms with van der Waals surface area (Å²) in [6.07, 6.45) is 9.22. The van der Waals surface area contributed by atoms with Crippen LogP contribution >= 0.6 is 0 Å². The Hall–Kier alpha value is -2.27. The second-order valence-electron chi connectivity index (χ2n) is 6.87. The van der Waals surface area contributed by atoms with E-state index in [4.69, 9.17) is 0 Å². The smallest absolute Gasteiger partial charge is 0.251 e. The zero-order valence-electron chi connectivity index (χ0n) is 14.7. The molecule has 1 aromatic carbocycles. The molecule has 0 unspecified atom stereocenters. The monoisotopic (exact) mass is 338 g/mol. The van der Waals surface area contributed by atoms with Crippen molar-refractivity contribution in [1.29, 1.82) is 0 Å². The van der Waals surface area contributed by atoms with Crippen LogP contribution in [0.1, 0.15) is 41.4 Å². The molecule has 1 amide bonds. The Kier molecular flexibility index (Phi) is 6.12. The molecule has 3 rings (SSSR count). The van der Waals surface area contributed by atoms with Gasteiger partial charge in [-0.1, -0.05) is 12.1 Å². The maximum absolute atomic E-state index is 12.5. The van der Waals surface area contributed by atoms with Gasteiger partial charge in [-0.2, -0.15) is 0 Å². The average molecular weight is 338 g/mol. The van der Waals surface area contributed by atoms with Crippen LogP contribution < -0.4 is 10.6 Å². The minimum Gasteiger partial charge on any atom is -0.349 e. The molecule has 0 bridgehead atoms. The van der Waals surface area contributed by atoms with Crippen molar-refractivity contribution in [3.05, 3.63) is 59.7 Å². The summed E-state index contributed by atoms with van der Waals surface area (Å²) in [7, 11) is 0. The van der Waals surface area contributed by atoms with E-state index in [2.05, 4.69) is 26.7 Å². The number of nitrogens with one attached hydrogen (secondary N) is 2. The van der Waals surface area contributed by atoms with Crippen LogP contribution in [0.15, 0.2) is 42.9 Å². The minimum atomic E-state index is -0.0245. The molecular formula is C20H26N4O. The number of aromatic nitrogens is 2. The zero-order valence-corrected chi connectivity index (χ0v) is 14.7. The fourth-order valence-corrected chi connectivity index (χ4v) is 3.37. The molecule has 1 fully saturated rings. The first-order chi connectivity index (χ1) is 12.2. The lowest BCUT2D eigenvalue weighted by Gasteiger charge is -2.22. The predicted octanol–water partition coefficient (Wildman–Crippen LogP) is 2.38. The maximum atomic E-state index is 12.5. The van der Waals surface area contributed by atoms with Gasteiger partial charge in [0.15, 0.2) is 0 Å². The van der Waals surface area contributed by atoms with Gasteiger partial charge in [0.05, 0.1) is 5.69 Å². The van der Waals surface area contributed by atoms with Gasteiger partial charge in [0.2, 0.25) is 0 Å². The van der Waals surface area contributed by atoms with E-state index in [1.165, 1.54) is 18.4 Å². The van der Waals surface area contributed by atoms with Crippen LogP contribution in [0.3, 0.4) is 0 Å². The Labute approximate surface area is 149 Å². The van der Waals surface area contributed by atoms with Gasteiger partial charge in [-0.25, -0.2) is 0 Å². The summed E-state index contributed by atoms with van der Waals surface area (Å²) in [4.78, 5) is 20.9. The topological polar surface area (TPSA) is 66.9 Å². The van der Waals surface area contributed by atoms with Crippen molar-refractivity contribution in [3.8, 4) is 0 Å². The summed E-state index contributed by atoms with van der Waals surface area (Å²) in [5.74, 6) is 0.693. The standard InChI is InChI=1S/C20H26N4O/c1-15(11-19-14-22-9-10-23-19)24-20(25)18-4-2-3-17(13-18)12-16-5-7-21-8-6-16/h2-4,9-10,13-16,21H,5-8,11-12H2,1H3,(H,24,25)/t15-/m0/s1. The second-order valence-corrected chi connectivity index (χ2v) is 6.87. The van der Waals surface area contributed by atoms with Crippen LogP contribution in [-0.2, 0) is 12.8 Å². The van der Waals surface area contributed by atoms with E-state index in [9.17, 15) is 4.79 Å². The lowest BCUT2D eigenvalue weighted by molar-refractivity contribution is 0.0940. The Morgan fingerprint density at radius 2 is 2.16 bits per heavy atom. The molecule has 2 aromatic rings. The number of benzene rings is 1. The Morgan fingerprint density at radius 1 is 1.32 bits per heavy atom. The van der Waals surface area contributed by atoms with E-state index in [-0.39, 0.29) is 11.9 Å². The summed E-state index contributed by atoms with van der Waals surface area (Å²) in [5.41, 5.74) is 2.87.